The van der Waals surface area contributed by atoms with E-state index in [1.165, 1.54) is 7.11 Å². The van der Waals surface area contributed by atoms with Gasteiger partial charge in [-0.2, -0.15) is 0 Å². The molecule has 1 fully saturated rings. The first-order valence-corrected chi connectivity index (χ1v) is 7.35. The normalized spacial score (nSPS) is 15.8. The van der Waals surface area contributed by atoms with Crippen LogP contribution in [0.15, 0.2) is 24.4 Å². The number of anilines is 1. The number of piperidine rings is 1. The van der Waals surface area contributed by atoms with E-state index >= 15 is 0 Å². The molecular formula is C16H19N3O3. The number of aromatic nitrogens is 2. The molecule has 1 aliphatic heterocycles. The van der Waals surface area contributed by atoms with Crippen LogP contribution in [0.4, 0.5) is 5.95 Å². The number of benzene rings is 1. The lowest BCUT2D eigenvalue weighted by Crippen LogP contribution is -2.37. The molecule has 0 saturated carbocycles. The molecule has 0 unspecified atom stereocenters. The molecule has 0 radical (unpaired) electrons. The summed E-state index contributed by atoms with van der Waals surface area (Å²) in [5.41, 5.74) is 0.890. The highest BCUT2D eigenvalue weighted by Crippen LogP contribution is 2.24. The predicted molar refractivity (Wildman–Crippen MR) is 83.0 cm³/mol. The summed E-state index contributed by atoms with van der Waals surface area (Å²) in [4.78, 5) is 22.7. The molecule has 1 aromatic heterocycles. The van der Waals surface area contributed by atoms with E-state index in [9.17, 15) is 4.79 Å². The molecule has 0 atom stereocenters. The van der Waals surface area contributed by atoms with Gasteiger partial charge in [0.25, 0.3) is 0 Å². The molecule has 1 aromatic carbocycles. The zero-order valence-corrected chi connectivity index (χ0v) is 12.8. The van der Waals surface area contributed by atoms with E-state index in [4.69, 9.17) is 9.47 Å². The molecule has 2 aromatic rings. The molecule has 22 heavy (non-hydrogen) atoms. The Kier molecular flexibility index (Phi) is 4.09. The zero-order chi connectivity index (χ0) is 15.5. The molecule has 6 nitrogen and oxygen atoms in total. The summed E-state index contributed by atoms with van der Waals surface area (Å²) in [5.74, 6) is 1.38. The molecule has 6 heteroatoms. The number of rotatable bonds is 3. The quantitative estimate of drug-likeness (QED) is 0.808. The van der Waals surface area contributed by atoms with Crippen molar-refractivity contribution in [2.45, 2.75) is 12.8 Å². The smallest absolute Gasteiger partial charge is 0.308 e. The molecule has 116 valence electrons. The van der Waals surface area contributed by atoms with Gasteiger partial charge in [-0.15, -0.1) is 0 Å². The second-order valence-corrected chi connectivity index (χ2v) is 5.38. The van der Waals surface area contributed by atoms with Gasteiger partial charge in [-0.3, -0.25) is 4.79 Å². The van der Waals surface area contributed by atoms with Gasteiger partial charge in [-0.05, 0) is 31.0 Å². The highest BCUT2D eigenvalue weighted by molar-refractivity contribution is 5.80. The predicted octanol–water partition coefficient (Wildman–Crippen LogP) is 2.03. The van der Waals surface area contributed by atoms with Crippen LogP contribution in [0, 0.1) is 5.92 Å². The molecule has 0 N–H and O–H groups in total. The fourth-order valence-corrected chi connectivity index (χ4v) is 2.76. The number of nitrogens with zero attached hydrogens (tertiary/aromatic N) is 3. The van der Waals surface area contributed by atoms with Crippen molar-refractivity contribution in [1.82, 2.24) is 9.97 Å². The summed E-state index contributed by atoms with van der Waals surface area (Å²) < 4.78 is 10.0. The molecule has 0 amide bonds. The minimum absolute atomic E-state index is 0.00836. The molecule has 1 aliphatic rings. The minimum atomic E-state index is -0.119. The average molecular weight is 301 g/mol. The molecular weight excluding hydrogens is 282 g/mol. The highest BCUT2D eigenvalue weighted by atomic mass is 16.5. The molecule has 0 spiro atoms. The molecule has 2 heterocycles. The van der Waals surface area contributed by atoms with Gasteiger partial charge < -0.3 is 14.4 Å². The van der Waals surface area contributed by atoms with Crippen LogP contribution in [-0.4, -0.2) is 43.2 Å². The van der Waals surface area contributed by atoms with Crippen molar-refractivity contribution < 1.29 is 14.3 Å². The summed E-state index contributed by atoms with van der Waals surface area (Å²) in [6.45, 7) is 1.53. The van der Waals surface area contributed by atoms with Crippen molar-refractivity contribution in [1.29, 1.82) is 0 Å². The van der Waals surface area contributed by atoms with Gasteiger partial charge in [-0.1, -0.05) is 0 Å². The topological polar surface area (TPSA) is 64.5 Å². The van der Waals surface area contributed by atoms with Crippen molar-refractivity contribution in [3.63, 3.8) is 0 Å². The van der Waals surface area contributed by atoms with Crippen LogP contribution in [0.2, 0.25) is 0 Å². The van der Waals surface area contributed by atoms with Crippen LogP contribution in [0.25, 0.3) is 10.9 Å². The number of carbonyl (C=O) groups excluding carboxylic acids is 1. The minimum Gasteiger partial charge on any atom is -0.497 e. The van der Waals surface area contributed by atoms with E-state index < -0.39 is 0 Å². The van der Waals surface area contributed by atoms with Gasteiger partial charge in [0, 0.05) is 24.7 Å². The second kappa shape index (κ2) is 6.17. The first kappa shape index (κ1) is 14.6. The van der Waals surface area contributed by atoms with E-state index in [1.54, 1.807) is 7.11 Å². The Labute approximate surface area is 129 Å². The van der Waals surface area contributed by atoms with Gasteiger partial charge in [0.2, 0.25) is 5.95 Å². The maximum absolute atomic E-state index is 11.6. The Balaban J connectivity index is 1.76. The number of hydrogen-bond acceptors (Lipinski definition) is 6. The van der Waals surface area contributed by atoms with Crippen molar-refractivity contribution in [3.8, 4) is 5.75 Å². The molecule has 3 rings (SSSR count). The first-order valence-electron chi connectivity index (χ1n) is 7.35. The average Bonchev–Trinajstić information content (AvgIpc) is 2.60. The van der Waals surface area contributed by atoms with Gasteiger partial charge >= 0.3 is 5.97 Å². The first-order chi connectivity index (χ1) is 10.7. The third-order valence-electron chi connectivity index (χ3n) is 4.09. The van der Waals surface area contributed by atoms with Crippen molar-refractivity contribution in [3.05, 3.63) is 24.4 Å². The lowest BCUT2D eigenvalue weighted by molar-refractivity contribution is -0.146. The molecule has 0 aliphatic carbocycles. The largest absolute Gasteiger partial charge is 0.497 e. The number of hydrogen-bond donors (Lipinski definition) is 0. The van der Waals surface area contributed by atoms with E-state index in [2.05, 4.69) is 14.9 Å². The van der Waals surface area contributed by atoms with Crippen LogP contribution in [-0.2, 0) is 9.53 Å². The SMILES string of the molecule is COC(=O)C1CCN(c2ncc3cc(OC)ccc3n2)CC1. The Hall–Kier alpha value is -2.37. The van der Waals surface area contributed by atoms with Crippen LogP contribution >= 0.6 is 0 Å². The summed E-state index contributed by atoms with van der Waals surface area (Å²) in [7, 11) is 3.08. The monoisotopic (exact) mass is 301 g/mol. The standard InChI is InChI=1S/C16H19N3O3/c1-21-13-3-4-14-12(9-13)10-17-16(18-14)19-7-5-11(6-8-19)15(20)22-2/h3-4,9-11H,5-8H2,1-2H3. The molecule has 1 saturated heterocycles. The molecule has 0 bridgehead atoms. The fraction of sp³-hybridized carbons (Fsp3) is 0.438. The summed E-state index contributed by atoms with van der Waals surface area (Å²) >= 11 is 0. The van der Waals surface area contributed by atoms with Crippen molar-refractivity contribution in [2.75, 3.05) is 32.2 Å². The number of esters is 1. The lowest BCUT2D eigenvalue weighted by atomic mass is 9.97. The van der Waals surface area contributed by atoms with Gasteiger partial charge in [0.05, 0.1) is 25.7 Å². The zero-order valence-electron chi connectivity index (χ0n) is 12.8. The van der Waals surface area contributed by atoms with Gasteiger partial charge in [0.1, 0.15) is 5.75 Å². The second-order valence-electron chi connectivity index (χ2n) is 5.38. The lowest BCUT2D eigenvalue weighted by Gasteiger charge is -2.30. The summed E-state index contributed by atoms with van der Waals surface area (Å²) in [5, 5.41) is 0.951. The van der Waals surface area contributed by atoms with Crippen LogP contribution in [0.3, 0.4) is 0 Å². The van der Waals surface area contributed by atoms with Crippen molar-refractivity contribution >= 4 is 22.8 Å². The van der Waals surface area contributed by atoms with E-state index in [0.29, 0.717) is 5.95 Å². The van der Waals surface area contributed by atoms with E-state index in [-0.39, 0.29) is 11.9 Å². The maximum atomic E-state index is 11.6. The third-order valence-corrected chi connectivity index (χ3v) is 4.09. The highest BCUT2D eigenvalue weighted by Gasteiger charge is 2.26. The van der Waals surface area contributed by atoms with Crippen LogP contribution in [0.5, 0.6) is 5.75 Å². The third kappa shape index (κ3) is 2.81. The van der Waals surface area contributed by atoms with Crippen molar-refractivity contribution in [2.24, 2.45) is 5.92 Å². The number of carbonyl (C=O) groups is 1. The summed E-state index contributed by atoms with van der Waals surface area (Å²) in [6.07, 6.45) is 3.36. The van der Waals surface area contributed by atoms with E-state index in [0.717, 1.165) is 42.6 Å². The van der Waals surface area contributed by atoms with E-state index in [1.807, 2.05) is 24.4 Å². The fourth-order valence-electron chi connectivity index (χ4n) is 2.76. The number of ether oxygens (including phenoxy) is 2. The Morgan fingerprint density at radius 1 is 1.27 bits per heavy atom. The Bertz CT molecular complexity index is 681. The number of fused-ring (bicyclic) bond motifs is 1. The van der Waals surface area contributed by atoms with Crippen LogP contribution < -0.4 is 9.64 Å². The maximum Gasteiger partial charge on any atom is 0.308 e. The summed E-state index contributed by atoms with van der Waals surface area (Å²) in [6, 6.07) is 5.74. The number of methoxy groups -OCH3 is 2. The Morgan fingerprint density at radius 3 is 2.73 bits per heavy atom. The van der Waals surface area contributed by atoms with Crippen LogP contribution in [0.1, 0.15) is 12.8 Å². The van der Waals surface area contributed by atoms with Gasteiger partial charge in [-0.25, -0.2) is 9.97 Å². The Morgan fingerprint density at radius 2 is 2.05 bits per heavy atom. The van der Waals surface area contributed by atoms with Gasteiger partial charge in [0.15, 0.2) is 0 Å².